The van der Waals surface area contributed by atoms with Crippen molar-refractivity contribution in [3.63, 3.8) is 0 Å². The summed E-state index contributed by atoms with van der Waals surface area (Å²) in [6, 6.07) is 18.6. The molecule has 2 aromatic carbocycles. The Morgan fingerprint density at radius 2 is 1.73 bits per heavy atom. The van der Waals surface area contributed by atoms with E-state index in [9.17, 15) is 4.79 Å². The van der Waals surface area contributed by atoms with Crippen molar-refractivity contribution in [2.75, 3.05) is 29.6 Å². The molecule has 5 rings (SSSR count). The van der Waals surface area contributed by atoms with Crippen LogP contribution in [0.1, 0.15) is 12.8 Å². The second-order valence-corrected chi connectivity index (χ2v) is 6.91. The van der Waals surface area contributed by atoms with Crippen LogP contribution in [0.2, 0.25) is 0 Å². The molecule has 2 aliphatic rings. The van der Waals surface area contributed by atoms with Crippen LogP contribution in [0.25, 0.3) is 11.1 Å². The van der Waals surface area contributed by atoms with Gasteiger partial charge in [0.05, 0.1) is 6.67 Å². The summed E-state index contributed by atoms with van der Waals surface area (Å²) in [7, 11) is 0. The molecule has 2 aliphatic heterocycles. The van der Waals surface area contributed by atoms with Gasteiger partial charge in [0.2, 0.25) is 5.91 Å². The highest BCUT2D eigenvalue weighted by atomic mass is 16.4. The number of oxazole rings is 1. The van der Waals surface area contributed by atoms with Gasteiger partial charge in [-0.15, -0.1) is 0 Å². The van der Waals surface area contributed by atoms with Gasteiger partial charge >= 0.3 is 0 Å². The minimum absolute atomic E-state index is 0.124. The van der Waals surface area contributed by atoms with Crippen LogP contribution in [0.5, 0.6) is 0 Å². The highest BCUT2D eigenvalue weighted by molar-refractivity contribution is 5.93. The Hall–Kier alpha value is -3.02. The van der Waals surface area contributed by atoms with Gasteiger partial charge in [0.15, 0.2) is 5.58 Å². The quantitative estimate of drug-likeness (QED) is 0.772. The molecule has 3 heterocycles. The van der Waals surface area contributed by atoms with Gasteiger partial charge in [-0.1, -0.05) is 30.3 Å². The fourth-order valence-corrected chi connectivity index (χ4v) is 4.10. The SMILES string of the molecule is O=C1NCN(c2ccccc2)C12CCN(c1nc3ccccc3o1)CC2. The van der Waals surface area contributed by atoms with Crippen LogP contribution in [0.15, 0.2) is 59.0 Å². The summed E-state index contributed by atoms with van der Waals surface area (Å²) in [6.07, 6.45) is 1.49. The number of hydrogen-bond acceptors (Lipinski definition) is 5. The maximum Gasteiger partial charge on any atom is 0.298 e. The molecule has 0 saturated carbocycles. The minimum atomic E-state index is -0.482. The summed E-state index contributed by atoms with van der Waals surface area (Å²) in [5.74, 6) is 0.124. The molecule has 0 unspecified atom stereocenters. The van der Waals surface area contributed by atoms with Gasteiger partial charge in [0, 0.05) is 18.8 Å². The van der Waals surface area contributed by atoms with E-state index in [1.165, 1.54) is 0 Å². The number of rotatable bonds is 2. The molecule has 1 aromatic heterocycles. The van der Waals surface area contributed by atoms with Crippen LogP contribution in [-0.4, -0.2) is 36.2 Å². The van der Waals surface area contributed by atoms with Gasteiger partial charge in [-0.3, -0.25) is 4.79 Å². The first kappa shape index (κ1) is 15.3. The molecular formula is C20H20N4O2. The van der Waals surface area contributed by atoms with E-state index in [2.05, 4.69) is 32.2 Å². The molecule has 2 saturated heterocycles. The Kier molecular flexibility index (Phi) is 3.38. The third-order valence-corrected chi connectivity index (χ3v) is 5.55. The molecule has 26 heavy (non-hydrogen) atoms. The Morgan fingerprint density at radius 3 is 2.50 bits per heavy atom. The predicted octanol–water partition coefficient (Wildman–Crippen LogP) is 2.76. The van der Waals surface area contributed by atoms with E-state index in [-0.39, 0.29) is 5.91 Å². The monoisotopic (exact) mass is 348 g/mol. The zero-order valence-corrected chi connectivity index (χ0v) is 14.4. The number of carbonyl (C=O) groups is 1. The van der Waals surface area contributed by atoms with Gasteiger partial charge in [0.1, 0.15) is 11.1 Å². The van der Waals surface area contributed by atoms with Crippen LogP contribution in [0.3, 0.4) is 0 Å². The maximum atomic E-state index is 12.7. The number of fused-ring (bicyclic) bond motifs is 1. The van der Waals surface area contributed by atoms with Crippen molar-refractivity contribution in [2.45, 2.75) is 18.4 Å². The first-order valence-electron chi connectivity index (χ1n) is 8.98. The zero-order valence-electron chi connectivity index (χ0n) is 14.4. The number of carbonyl (C=O) groups excluding carboxylic acids is 1. The normalized spacial score (nSPS) is 19.3. The third kappa shape index (κ3) is 2.25. The number of hydrogen-bond donors (Lipinski definition) is 1. The van der Waals surface area contributed by atoms with Gasteiger partial charge in [-0.25, -0.2) is 0 Å². The lowest BCUT2D eigenvalue weighted by atomic mass is 9.86. The zero-order chi connectivity index (χ0) is 17.6. The second kappa shape index (κ2) is 5.76. The van der Waals surface area contributed by atoms with Crippen molar-refractivity contribution >= 4 is 28.7 Å². The molecule has 2 fully saturated rings. The van der Waals surface area contributed by atoms with Gasteiger partial charge in [0.25, 0.3) is 6.01 Å². The smallest absolute Gasteiger partial charge is 0.298 e. The van der Waals surface area contributed by atoms with Crippen LogP contribution in [-0.2, 0) is 4.79 Å². The Labute approximate surface area is 151 Å². The van der Waals surface area contributed by atoms with Crippen molar-refractivity contribution < 1.29 is 9.21 Å². The van der Waals surface area contributed by atoms with Gasteiger partial charge in [-0.05, 0) is 37.1 Å². The molecule has 1 amide bonds. The van der Waals surface area contributed by atoms with Gasteiger partial charge in [-0.2, -0.15) is 4.98 Å². The lowest BCUT2D eigenvalue weighted by Crippen LogP contribution is -2.56. The number of para-hydroxylation sites is 3. The lowest BCUT2D eigenvalue weighted by molar-refractivity contribution is -0.124. The summed E-state index contributed by atoms with van der Waals surface area (Å²) < 4.78 is 5.90. The molecule has 1 spiro atoms. The standard InChI is InChI=1S/C20H20N4O2/c25-18-20(24(14-21-18)15-6-2-1-3-7-15)10-12-23(13-11-20)19-22-16-8-4-5-9-17(16)26-19/h1-9H,10-14H2,(H,21,25). The molecule has 1 N–H and O–H groups in total. The Bertz CT molecular complexity index is 912. The highest BCUT2D eigenvalue weighted by Gasteiger charge is 2.50. The number of benzene rings is 2. The lowest BCUT2D eigenvalue weighted by Gasteiger charge is -2.42. The van der Waals surface area contributed by atoms with Crippen LogP contribution >= 0.6 is 0 Å². The van der Waals surface area contributed by atoms with E-state index in [1.54, 1.807) is 0 Å². The fraction of sp³-hybridized carbons (Fsp3) is 0.300. The molecule has 6 heteroatoms. The summed E-state index contributed by atoms with van der Waals surface area (Å²) in [4.78, 5) is 21.6. The number of aromatic nitrogens is 1. The van der Waals surface area contributed by atoms with Crippen molar-refractivity contribution in [1.82, 2.24) is 10.3 Å². The molecule has 132 valence electrons. The number of piperidine rings is 1. The average Bonchev–Trinajstić information content (AvgIpc) is 3.25. The van der Waals surface area contributed by atoms with Crippen LogP contribution in [0.4, 0.5) is 11.7 Å². The van der Waals surface area contributed by atoms with Crippen molar-refractivity contribution in [3.8, 4) is 0 Å². The summed E-state index contributed by atoms with van der Waals surface area (Å²) in [5.41, 5.74) is 2.27. The largest absolute Gasteiger partial charge is 0.423 e. The molecular weight excluding hydrogens is 328 g/mol. The second-order valence-electron chi connectivity index (χ2n) is 6.91. The summed E-state index contributed by atoms with van der Waals surface area (Å²) in [6.45, 7) is 2.04. The first-order chi connectivity index (χ1) is 12.8. The fourth-order valence-electron chi connectivity index (χ4n) is 4.10. The summed E-state index contributed by atoms with van der Waals surface area (Å²) in [5, 5.41) is 3.03. The van der Waals surface area contributed by atoms with Crippen LogP contribution in [0, 0.1) is 0 Å². The van der Waals surface area contributed by atoms with Crippen molar-refractivity contribution in [3.05, 3.63) is 54.6 Å². The molecule has 0 aliphatic carbocycles. The number of nitrogens with zero attached hydrogens (tertiary/aromatic N) is 3. The molecule has 3 aromatic rings. The van der Waals surface area contributed by atoms with E-state index in [4.69, 9.17) is 4.42 Å². The topological polar surface area (TPSA) is 61.6 Å². The van der Waals surface area contributed by atoms with Crippen molar-refractivity contribution in [1.29, 1.82) is 0 Å². The van der Waals surface area contributed by atoms with Crippen LogP contribution < -0.4 is 15.1 Å². The first-order valence-corrected chi connectivity index (χ1v) is 8.98. The predicted molar refractivity (Wildman–Crippen MR) is 100 cm³/mol. The summed E-state index contributed by atoms with van der Waals surface area (Å²) >= 11 is 0. The van der Waals surface area contributed by atoms with E-state index in [0.29, 0.717) is 12.7 Å². The number of anilines is 2. The molecule has 0 radical (unpaired) electrons. The highest BCUT2D eigenvalue weighted by Crippen LogP contribution is 2.37. The molecule has 0 atom stereocenters. The number of amides is 1. The molecule has 0 bridgehead atoms. The Balaban J connectivity index is 1.40. The molecule has 6 nitrogen and oxygen atoms in total. The third-order valence-electron chi connectivity index (χ3n) is 5.55. The number of nitrogens with one attached hydrogen (secondary N) is 1. The van der Waals surface area contributed by atoms with Gasteiger partial charge < -0.3 is 19.5 Å². The average molecular weight is 348 g/mol. The minimum Gasteiger partial charge on any atom is -0.423 e. The van der Waals surface area contributed by atoms with E-state index < -0.39 is 5.54 Å². The van der Waals surface area contributed by atoms with Crippen molar-refractivity contribution in [2.24, 2.45) is 0 Å². The van der Waals surface area contributed by atoms with E-state index in [0.717, 1.165) is 42.7 Å². The Morgan fingerprint density at radius 1 is 1.00 bits per heavy atom. The van der Waals surface area contributed by atoms with E-state index in [1.807, 2.05) is 42.5 Å². The van der Waals surface area contributed by atoms with E-state index >= 15 is 0 Å². The maximum absolute atomic E-state index is 12.7.